The molecule has 1 aliphatic heterocycles. The normalized spacial score (nSPS) is 15.5. The molecular formula is C20H22N6OS. The van der Waals surface area contributed by atoms with Gasteiger partial charge < -0.3 is 22.1 Å². The number of primary amides is 1. The Bertz CT molecular complexity index is 1040. The standard InChI is InChI=1S/C20H22N6OS/c21-14-5-9-26(10-6-14)15-11-13(2-1-12-3-7-24-8-4-12)16-17(22)18(19(23)27)28-20(16)25-15/h1-4,7-8,11,14H,5-6,9-10,21-22H2,(H2,23,27)/b2-1+. The maximum absolute atomic E-state index is 11.8. The van der Waals surface area contributed by atoms with Gasteiger partial charge in [-0.3, -0.25) is 9.78 Å². The van der Waals surface area contributed by atoms with Gasteiger partial charge in [0.05, 0.1) is 5.69 Å². The molecule has 0 aromatic carbocycles. The van der Waals surface area contributed by atoms with Crippen molar-refractivity contribution in [1.82, 2.24) is 9.97 Å². The Morgan fingerprint density at radius 3 is 2.61 bits per heavy atom. The number of nitrogens with zero attached hydrogens (tertiary/aromatic N) is 3. The molecule has 28 heavy (non-hydrogen) atoms. The van der Waals surface area contributed by atoms with Crippen LogP contribution in [-0.2, 0) is 0 Å². The van der Waals surface area contributed by atoms with E-state index in [4.69, 9.17) is 22.2 Å². The summed E-state index contributed by atoms with van der Waals surface area (Å²) in [5.74, 6) is 0.334. The van der Waals surface area contributed by atoms with E-state index in [0.29, 0.717) is 15.4 Å². The average Bonchev–Trinajstić information content (AvgIpc) is 3.04. The summed E-state index contributed by atoms with van der Waals surface area (Å²) in [6.45, 7) is 1.72. The van der Waals surface area contributed by atoms with Gasteiger partial charge in [0, 0.05) is 36.9 Å². The second kappa shape index (κ2) is 7.57. The van der Waals surface area contributed by atoms with Gasteiger partial charge in [0.1, 0.15) is 15.5 Å². The first-order valence-electron chi connectivity index (χ1n) is 9.14. The van der Waals surface area contributed by atoms with Crippen LogP contribution < -0.4 is 22.1 Å². The molecule has 0 unspecified atom stereocenters. The lowest BCUT2D eigenvalue weighted by molar-refractivity contribution is 0.100. The number of fused-ring (bicyclic) bond motifs is 1. The van der Waals surface area contributed by atoms with Crippen molar-refractivity contribution in [2.45, 2.75) is 18.9 Å². The number of hydrogen-bond donors (Lipinski definition) is 3. The Labute approximate surface area is 166 Å². The molecule has 7 nitrogen and oxygen atoms in total. The summed E-state index contributed by atoms with van der Waals surface area (Å²) in [5, 5.41) is 0.765. The Kier molecular flexibility index (Phi) is 4.97. The van der Waals surface area contributed by atoms with Crippen LogP contribution in [0.1, 0.15) is 33.6 Å². The maximum Gasteiger partial charge on any atom is 0.260 e. The fourth-order valence-electron chi connectivity index (χ4n) is 3.40. The van der Waals surface area contributed by atoms with Gasteiger partial charge in [0.25, 0.3) is 5.91 Å². The van der Waals surface area contributed by atoms with Crippen LogP contribution in [0.5, 0.6) is 0 Å². The molecule has 0 spiro atoms. The number of pyridine rings is 2. The molecular weight excluding hydrogens is 372 g/mol. The van der Waals surface area contributed by atoms with E-state index in [1.165, 1.54) is 11.3 Å². The fraction of sp³-hybridized carbons (Fsp3) is 0.250. The van der Waals surface area contributed by atoms with Crippen molar-refractivity contribution in [3.05, 3.63) is 46.6 Å². The van der Waals surface area contributed by atoms with Crippen molar-refractivity contribution in [3.8, 4) is 0 Å². The minimum absolute atomic E-state index is 0.241. The molecule has 4 heterocycles. The van der Waals surface area contributed by atoms with Crippen molar-refractivity contribution in [3.63, 3.8) is 0 Å². The molecule has 1 fully saturated rings. The molecule has 0 aliphatic carbocycles. The summed E-state index contributed by atoms with van der Waals surface area (Å²) in [6, 6.07) is 6.11. The van der Waals surface area contributed by atoms with Crippen LogP contribution in [0.3, 0.4) is 0 Å². The molecule has 0 atom stereocenters. The summed E-state index contributed by atoms with van der Waals surface area (Å²) in [6.07, 6.45) is 9.34. The fourth-order valence-corrected chi connectivity index (χ4v) is 4.38. The van der Waals surface area contributed by atoms with Crippen LogP contribution in [0, 0.1) is 0 Å². The van der Waals surface area contributed by atoms with Crippen LogP contribution in [0.4, 0.5) is 11.5 Å². The molecule has 0 saturated carbocycles. The third kappa shape index (κ3) is 3.56. The second-order valence-corrected chi connectivity index (χ2v) is 7.90. The van der Waals surface area contributed by atoms with E-state index in [9.17, 15) is 4.79 Å². The van der Waals surface area contributed by atoms with E-state index in [1.54, 1.807) is 12.4 Å². The highest BCUT2D eigenvalue weighted by Gasteiger charge is 2.22. The number of nitrogens with two attached hydrogens (primary N) is 3. The summed E-state index contributed by atoms with van der Waals surface area (Å²) in [4.78, 5) is 23.9. The van der Waals surface area contributed by atoms with Crippen LogP contribution in [-0.4, -0.2) is 35.0 Å². The molecule has 4 rings (SSSR count). The van der Waals surface area contributed by atoms with Crippen molar-refractivity contribution in [2.75, 3.05) is 23.7 Å². The third-order valence-electron chi connectivity index (χ3n) is 4.96. The van der Waals surface area contributed by atoms with Crippen LogP contribution in [0.2, 0.25) is 0 Å². The Morgan fingerprint density at radius 1 is 1.21 bits per heavy atom. The monoisotopic (exact) mass is 394 g/mol. The van der Waals surface area contributed by atoms with Gasteiger partial charge in [0.2, 0.25) is 0 Å². The zero-order valence-electron chi connectivity index (χ0n) is 15.3. The number of rotatable bonds is 4. The van der Waals surface area contributed by atoms with Gasteiger partial charge in [-0.1, -0.05) is 12.2 Å². The van der Waals surface area contributed by atoms with E-state index < -0.39 is 5.91 Å². The highest BCUT2D eigenvalue weighted by atomic mass is 32.1. The zero-order chi connectivity index (χ0) is 19.7. The lowest BCUT2D eigenvalue weighted by atomic mass is 10.1. The number of thiophene rings is 1. The van der Waals surface area contributed by atoms with E-state index >= 15 is 0 Å². The first-order chi connectivity index (χ1) is 13.5. The molecule has 3 aromatic rings. The molecule has 3 aromatic heterocycles. The summed E-state index contributed by atoms with van der Waals surface area (Å²) >= 11 is 1.24. The Morgan fingerprint density at radius 2 is 1.93 bits per heavy atom. The largest absolute Gasteiger partial charge is 0.397 e. The average molecular weight is 395 g/mol. The lowest BCUT2D eigenvalue weighted by Crippen LogP contribution is -2.40. The van der Waals surface area contributed by atoms with Crippen LogP contribution >= 0.6 is 11.3 Å². The van der Waals surface area contributed by atoms with Crippen molar-refractivity contribution >= 4 is 51.1 Å². The van der Waals surface area contributed by atoms with Crippen LogP contribution in [0.15, 0.2) is 30.6 Å². The van der Waals surface area contributed by atoms with Gasteiger partial charge in [-0.25, -0.2) is 4.98 Å². The summed E-state index contributed by atoms with van der Waals surface area (Å²) < 4.78 is 0. The number of anilines is 2. The second-order valence-electron chi connectivity index (χ2n) is 6.90. The molecule has 144 valence electrons. The maximum atomic E-state index is 11.8. The first kappa shape index (κ1) is 18.4. The van der Waals surface area contributed by atoms with Crippen molar-refractivity contribution < 1.29 is 4.79 Å². The molecule has 1 amide bonds. The minimum atomic E-state index is -0.532. The molecule has 0 bridgehead atoms. The van der Waals surface area contributed by atoms with E-state index in [2.05, 4.69) is 9.88 Å². The van der Waals surface area contributed by atoms with Crippen LogP contribution in [0.25, 0.3) is 22.4 Å². The predicted octanol–water partition coefficient (Wildman–Crippen LogP) is 2.47. The Hall–Kier alpha value is -2.97. The summed E-state index contributed by atoms with van der Waals surface area (Å²) in [7, 11) is 0. The van der Waals surface area contributed by atoms with Gasteiger partial charge in [-0.2, -0.15) is 0 Å². The van der Waals surface area contributed by atoms with Gasteiger partial charge in [0.15, 0.2) is 0 Å². The smallest absolute Gasteiger partial charge is 0.260 e. The predicted molar refractivity (Wildman–Crippen MR) is 115 cm³/mol. The zero-order valence-corrected chi connectivity index (χ0v) is 16.2. The summed E-state index contributed by atoms with van der Waals surface area (Å²) in [5.41, 5.74) is 20.1. The SMILES string of the molecule is NC(=O)c1sc2nc(N3CCC(N)CC3)cc(/C=C/c3ccncc3)c2c1N. The van der Waals surface area contributed by atoms with Gasteiger partial charge in [-0.15, -0.1) is 11.3 Å². The van der Waals surface area contributed by atoms with Gasteiger partial charge in [-0.05, 0) is 42.2 Å². The molecule has 0 radical (unpaired) electrons. The Balaban J connectivity index is 1.82. The number of carbonyl (C=O) groups excluding carboxylic acids is 1. The third-order valence-corrected chi connectivity index (χ3v) is 6.08. The highest BCUT2D eigenvalue weighted by molar-refractivity contribution is 7.21. The number of piperidine rings is 1. The lowest BCUT2D eigenvalue weighted by Gasteiger charge is -2.31. The first-order valence-corrected chi connectivity index (χ1v) is 9.96. The topological polar surface area (TPSA) is 124 Å². The van der Waals surface area contributed by atoms with Crippen molar-refractivity contribution in [1.29, 1.82) is 0 Å². The van der Waals surface area contributed by atoms with Gasteiger partial charge >= 0.3 is 0 Å². The van der Waals surface area contributed by atoms with E-state index in [1.807, 2.05) is 30.4 Å². The number of hydrogen-bond acceptors (Lipinski definition) is 7. The van der Waals surface area contributed by atoms with E-state index in [-0.39, 0.29) is 6.04 Å². The molecule has 6 N–H and O–H groups in total. The number of amides is 1. The highest BCUT2D eigenvalue weighted by Crippen LogP contribution is 2.37. The number of aromatic nitrogens is 2. The van der Waals surface area contributed by atoms with Crippen molar-refractivity contribution in [2.24, 2.45) is 11.5 Å². The number of nitrogen functional groups attached to an aromatic ring is 1. The molecule has 1 saturated heterocycles. The quantitative estimate of drug-likeness (QED) is 0.624. The molecule has 8 heteroatoms. The minimum Gasteiger partial charge on any atom is -0.397 e. The number of carbonyl (C=O) groups is 1. The molecule has 1 aliphatic rings. The van der Waals surface area contributed by atoms with E-state index in [0.717, 1.165) is 48.3 Å².